The molecule has 2 amide bonds. The van der Waals surface area contributed by atoms with Crippen molar-refractivity contribution in [2.24, 2.45) is 5.92 Å². The van der Waals surface area contributed by atoms with Gasteiger partial charge in [-0.05, 0) is 43.8 Å². The molecule has 30 heavy (non-hydrogen) atoms. The molecule has 2 aromatic rings. The number of aromatic nitrogens is 1. The minimum absolute atomic E-state index is 0.0858. The highest BCUT2D eigenvalue weighted by molar-refractivity contribution is 6.00. The summed E-state index contributed by atoms with van der Waals surface area (Å²) < 4.78 is 10.8. The van der Waals surface area contributed by atoms with Crippen molar-refractivity contribution < 1.29 is 19.1 Å². The molecule has 1 aliphatic heterocycles. The maximum absolute atomic E-state index is 12.8. The standard InChI is InChI=1S/C22H28N4O4/c1-4-26-10-8-15(14-26)22(28)25-18-11-16(12-19(29-2)20(18)30-3)21(27)24-13-17-7-5-6-9-23-17/h5-7,9,11-12,15H,4,8,10,13-14H2,1-3H3,(H,24,27)(H,25,28). The van der Waals surface area contributed by atoms with E-state index in [2.05, 4.69) is 27.4 Å². The second-order valence-electron chi connectivity index (χ2n) is 7.13. The molecule has 3 rings (SSSR count). The number of nitrogens with one attached hydrogen (secondary N) is 2. The van der Waals surface area contributed by atoms with E-state index in [1.807, 2.05) is 18.2 Å². The molecule has 2 heterocycles. The number of hydrogen-bond acceptors (Lipinski definition) is 6. The molecule has 0 bridgehead atoms. The van der Waals surface area contributed by atoms with Crippen molar-refractivity contribution in [3.63, 3.8) is 0 Å². The zero-order valence-electron chi connectivity index (χ0n) is 17.6. The van der Waals surface area contributed by atoms with E-state index in [-0.39, 0.29) is 17.7 Å². The maximum atomic E-state index is 12.8. The zero-order chi connectivity index (χ0) is 21.5. The van der Waals surface area contributed by atoms with Gasteiger partial charge in [-0.1, -0.05) is 13.0 Å². The van der Waals surface area contributed by atoms with Crippen molar-refractivity contribution in [2.45, 2.75) is 19.9 Å². The molecule has 1 atom stereocenters. The van der Waals surface area contributed by atoms with Gasteiger partial charge in [0.15, 0.2) is 11.5 Å². The summed E-state index contributed by atoms with van der Waals surface area (Å²) in [6, 6.07) is 8.72. The van der Waals surface area contributed by atoms with Gasteiger partial charge in [0.25, 0.3) is 5.91 Å². The van der Waals surface area contributed by atoms with Crippen LogP contribution in [0.25, 0.3) is 0 Å². The van der Waals surface area contributed by atoms with Crippen LogP contribution < -0.4 is 20.1 Å². The van der Waals surface area contributed by atoms with Gasteiger partial charge >= 0.3 is 0 Å². The molecule has 1 fully saturated rings. The first kappa shape index (κ1) is 21.6. The van der Waals surface area contributed by atoms with Crippen LogP contribution in [0.1, 0.15) is 29.4 Å². The summed E-state index contributed by atoms with van der Waals surface area (Å²) in [5.41, 5.74) is 1.53. The molecule has 0 radical (unpaired) electrons. The van der Waals surface area contributed by atoms with Gasteiger partial charge in [-0.3, -0.25) is 14.6 Å². The smallest absolute Gasteiger partial charge is 0.251 e. The monoisotopic (exact) mass is 412 g/mol. The van der Waals surface area contributed by atoms with Crippen LogP contribution in [0.4, 0.5) is 5.69 Å². The van der Waals surface area contributed by atoms with Gasteiger partial charge in [0.2, 0.25) is 5.91 Å². The largest absolute Gasteiger partial charge is 0.493 e. The van der Waals surface area contributed by atoms with Crippen LogP contribution in [0.3, 0.4) is 0 Å². The van der Waals surface area contributed by atoms with Crippen molar-refractivity contribution >= 4 is 17.5 Å². The molecule has 1 unspecified atom stereocenters. The van der Waals surface area contributed by atoms with Crippen LogP contribution in [0.2, 0.25) is 0 Å². The third-order valence-electron chi connectivity index (χ3n) is 5.25. The summed E-state index contributed by atoms with van der Waals surface area (Å²) in [6.45, 7) is 4.94. The van der Waals surface area contributed by atoms with Crippen molar-refractivity contribution in [3.8, 4) is 11.5 Å². The predicted molar refractivity (Wildman–Crippen MR) is 114 cm³/mol. The first-order chi connectivity index (χ1) is 14.5. The topological polar surface area (TPSA) is 92.8 Å². The second-order valence-corrected chi connectivity index (χ2v) is 7.13. The number of likely N-dealkylation sites (tertiary alicyclic amines) is 1. The lowest BCUT2D eigenvalue weighted by molar-refractivity contribution is -0.119. The minimum atomic E-state index is -0.296. The van der Waals surface area contributed by atoms with Gasteiger partial charge in [0.1, 0.15) is 0 Å². The van der Waals surface area contributed by atoms with Crippen LogP contribution in [0.5, 0.6) is 11.5 Å². The molecule has 0 aliphatic carbocycles. The highest BCUT2D eigenvalue weighted by Gasteiger charge is 2.28. The summed E-state index contributed by atoms with van der Waals surface area (Å²) in [7, 11) is 3.00. The highest BCUT2D eigenvalue weighted by Crippen LogP contribution is 2.37. The molecule has 2 N–H and O–H groups in total. The van der Waals surface area contributed by atoms with Crippen LogP contribution in [-0.2, 0) is 11.3 Å². The Kier molecular flexibility index (Phi) is 7.24. The lowest BCUT2D eigenvalue weighted by atomic mass is 10.1. The summed E-state index contributed by atoms with van der Waals surface area (Å²) in [5.74, 6) is 0.284. The number of amides is 2. The molecule has 8 nitrogen and oxygen atoms in total. The number of carbonyl (C=O) groups is 2. The van der Waals surface area contributed by atoms with Crippen LogP contribution in [0, 0.1) is 5.92 Å². The minimum Gasteiger partial charge on any atom is -0.493 e. The van der Waals surface area contributed by atoms with Crippen molar-refractivity contribution in [3.05, 3.63) is 47.8 Å². The Hall–Kier alpha value is -3.13. The van der Waals surface area contributed by atoms with Crippen LogP contribution >= 0.6 is 0 Å². The van der Waals surface area contributed by atoms with Crippen molar-refractivity contribution in [1.29, 1.82) is 0 Å². The number of nitrogens with zero attached hydrogens (tertiary/aromatic N) is 2. The quantitative estimate of drug-likeness (QED) is 0.691. The fourth-order valence-corrected chi connectivity index (χ4v) is 3.53. The normalized spacial score (nSPS) is 16.2. The average molecular weight is 412 g/mol. The number of rotatable bonds is 8. The third-order valence-corrected chi connectivity index (χ3v) is 5.25. The lowest BCUT2D eigenvalue weighted by Gasteiger charge is -2.18. The molecule has 1 aliphatic rings. The zero-order valence-corrected chi connectivity index (χ0v) is 17.6. The Bertz CT molecular complexity index is 888. The van der Waals surface area contributed by atoms with Crippen molar-refractivity contribution in [1.82, 2.24) is 15.2 Å². The number of pyridine rings is 1. The molecule has 160 valence electrons. The molecule has 1 saturated heterocycles. The van der Waals surface area contributed by atoms with Gasteiger partial charge in [-0.15, -0.1) is 0 Å². The molecule has 0 spiro atoms. The van der Waals surface area contributed by atoms with E-state index in [1.54, 1.807) is 18.3 Å². The Morgan fingerprint density at radius 2 is 2.07 bits per heavy atom. The van der Waals surface area contributed by atoms with E-state index < -0.39 is 0 Å². The number of methoxy groups -OCH3 is 2. The number of carbonyl (C=O) groups excluding carboxylic acids is 2. The molecular weight excluding hydrogens is 384 g/mol. The van der Waals surface area contributed by atoms with E-state index in [9.17, 15) is 9.59 Å². The fraction of sp³-hybridized carbons (Fsp3) is 0.409. The summed E-state index contributed by atoms with van der Waals surface area (Å²) in [6.07, 6.45) is 2.48. The van der Waals surface area contributed by atoms with E-state index in [1.165, 1.54) is 14.2 Å². The van der Waals surface area contributed by atoms with E-state index in [0.29, 0.717) is 29.3 Å². The highest BCUT2D eigenvalue weighted by atomic mass is 16.5. The molecular formula is C22H28N4O4. The first-order valence-electron chi connectivity index (χ1n) is 10.0. The van der Waals surface area contributed by atoms with Gasteiger partial charge in [0.05, 0.1) is 38.1 Å². The summed E-state index contributed by atoms with van der Waals surface area (Å²) in [4.78, 5) is 31.9. The van der Waals surface area contributed by atoms with Gasteiger partial charge in [-0.25, -0.2) is 0 Å². The summed E-state index contributed by atoms with van der Waals surface area (Å²) >= 11 is 0. The molecule has 1 aromatic heterocycles. The number of benzene rings is 1. The molecule has 1 aromatic carbocycles. The number of ether oxygens (including phenoxy) is 2. The lowest BCUT2D eigenvalue weighted by Crippen LogP contribution is -2.27. The Balaban J connectivity index is 1.78. The molecule has 0 saturated carbocycles. The second kappa shape index (κ2) is 10.1. The molecule has 8 heteroatoms. The Morgan fingerprint density at radius 1 is 1.23 bits per heavy atom. The predicted octanol–water partition coefficient (Wildman–Crippen LogP) is 2.31. The first-order valence-corrected chi connectivity index (χ1v) is 10.0. The van der Waals surface area contributed by atoms with Crippen LogP contribution in [0.15, 0.2) is 36.5 Å². The van der Waals surface area contributed by atoms with Gasteiger partial charge in [-0.2, -0.15) is 0 Å². The van der Waals surface area contributed by atoms with Crippen LogP contribution in [-0.4, -0.2) is 55.6 Å². The average Bonchev–Trinajstić information content (AvgIpc) is 3.27. The third kappa shape index (κ3) is 5.07. The van der Waals surface area contributed by atoms with Gasteiger partial charge < -0.3 is 25.0 Å². The SMILES string of the molecule is CCN1CCC(C(=O)Nc2cc(C(=O)NCc3ccccn3)cc(OC)c2OC)C1. The van der Waals surface area contributed by atoms with E-state index in [0.717, 1.165) is 31.7 Å². The number of anilines is 1. The Labute approximate surface area is 176 Å². The number of hydrogen-bond donors (Lipinski definition) is 2. The van der Waals surface area contributed by atoms with E-state index in [4.69, 9.17) is 9.47 Å². The fourth-order valence-electron chi connectivity index (χ4n) is 3.53. The van der Waals surface area contributed by atoms with Crippen molar-refractivity contribution in [2.75, 3.05) is 39.2 Å². The van der Waals surface area contributed by atoms with Gasteiger partial charge in [0, 0.05) is 18.3 Å². The summed E-state index contributed by atoms with van der Waals surface area (Å²) in [5, 5.41) is 5.76. The Morgan fingerprint density at radius 3 is 2.70 bits per heavy atom. The maximum Gasteiger partial charge on any atom is 0.251 e. The van der Waals surface area contributed by atoms with E-state index >= 15 is 0 Å².